The molecule has 164 valence electrons. The van der Waals surface area contributed by atoms with Gasteiger partial charge in [0.15, 0.2) is 0 Å². The van der Waals surface area contributed by atoms with E-state index in [1.807, 2.05) is 0 Å². The van der Waals surface area contributed by atoms with E-state index in [-0.39, 0.29) is 11.7 Å². The molecular formula is C22H26N4O4S. The number of nitrogens with one attached hydrogen (secondary N) is 1. The molecule has 1 aromatic carbocycles. The second-order valence-corrected chi connectivity index (χ2v) is 8.17. The predicted octanol–water partition coefficient (Wildman–Crippen LogP) is 2.71. The zero-order valence-electron chi connectivity index (χ0n) is 18.1. The summed E-state index contributed by atoms with van der Waals surface area (Å²) < 4.78 is 7.62. The molecule has 0 bridgehead atoms. The summed E-state index contributed by atoms with van der Waals surface area (Å²) in [6, 6.07) is 7.12. The lowest BCUT2D eigenvalue weighted by molar-refractivity contribution is -0.113. The third-order valence-electron chi connectivity index (χ3n) is 5.00. The molecule has 9 heteroatoms. The number of hydrogen-bond acceptors (Lipinski definition) is 6. The number of hydrogen-bond donors (Lipinski definition) is 1. The lowest BCUT2D eigenvalue weighted by Crippen LogP contribution is -2.37. The normalized spacial score (nSPS) is 11.0. The van der Waals surface area contributed by atoms with Gasteiger partial charge in [-0.05, 0) is 30.5 Å². The minimum absolute atomic E-state index is 0.113. The molecule has 3 rings (SSSR count). The summed E-state index contributed by atoms with van der Waals surface area (Å²) in [7, 11) is 4.61. The second kappa shape index (κ2) is 9.82. The van der Waals surface area contributed by atoms with Crippen LogP contribution < -0.4 is 21.3 Å². The van der Waals surface area contributed by atoms with E-state index in [1.165, 1.54) is 23.4 Å². The molecule has 3 aromatic rings. The molecule has 0 aliphatic carbocycles. The summed E-state index contributed by atoms with van der Waals surface area (Å²) in [4.78, 5) is 42.9. The minimum Gasteiger partial charge on any atom is -0.497 e. The third kappa shape index (κ3) is 4.82. The molecule has 0 saturated carbocycles. The minimum atomic E-state index is -0.432. The first-order valence-corrected chi connectivity index (χ1v) is 11.0. The van der Waals surface area contributed by atoms with Crippen molar-refractivity contribution < 1.29 is 9.53 Å². The van der Waals surface area contributed by atoms with Crippen LogP contribution in [0.25, 0.3) is 11.0 Å². The Morgan fingerprint density at radius 3 is 2.71 bits per heavy atom. The molecule has 0 aliphatic heterocycles. The number of aryl methyl sites for hydroxylation is 2. The van der Waals surface area contributed by atoms with Gasteiger partial charge in [-0.1, -0.05) is 19.4 Å². The topological polar surface area (TPSA) is 95.2 Å². The van der Waals surface area contributed by atoms with Crippen molar-refractivity contribution in [2.24, 2.45) is 14.1 Å². The molecule has 0 atom stereocenters. The van der Waals surface area contributed by atoms with Crippen molar-refractivity contribution in [1.82, 2.24) is 14.1 Å². The molecule has 2 heterocycles. The number of benzene rings is 1. The Bertz CT molecular complexity index is 1230. The van der Waals surface area contributed by atoms with Crippen LogP contribution in [0.1, 0.15) is 25.3 Å². The van der Waals surface area contributed by atoms with Crippen LogP contribution in [-0.2, 0) is 25.3 Å². The highest BCUT2D eigenvalue weighted by atomic mass is 32.2. The van der Waals surface area contributed by atoms with Crippen LogP contribution in [0.5, 0.6) is 5.75 Å². The largest absolute Gasteiger partial charge is 0.497 e. The number of fused-ring (bicyclic) bond motifs is 1. The van der Waals surface area contributed by atoms with Crippen LogP contribution in [0.15, 0.2) is 44.9 Å². The van der Waals surface area contributed by atoms with Gasteiger partial charge < -0.3 is 10.1 Å². The number of amides is 1. The first-order valence-electron chi connectivity index (χ1n) is 10.0. The maximum absolute atomic E-state index is 12.9. The van der Waals surface area contributed by atoms with Crippen LogP contribution in [-0.4, -0.2) is 32.9 Å². The Morgan fingerprint density at radius 2 is 2.00 bits per heavy atom. The van der Waals surface area contributed by atoms with Gasteiger partial charge in [0.05, 0.1) is 18.2 Å². The summed E-state index contributed by atoms with van der Waals surface area (Å²) in [6.45, 7) is 2.09. The van der Waals surface area contributed by atoms with Crippen LogP contribution in [0, 0.1) is 0 Å². The van der Waals surface area contributed by atoms with Crippen molar-refractivity contribution in [3.63, 3.8) is 0 Å². The average Bonchev–Trinajstić information content (AvgIpc) is 2.78. The fourth-order valence-corrected chi connectivity index (χ4v) is 4.30. The summed E-state index contributed by atoms with van der Waals surface area (Å²) in [5.41, 5.74) is 1.03. The Morgan fingerprint density at radius 1 is 1.23 bits per heavy atom. The van der Waals surface area contributed by atoms with Crippen molar-refractivity contribution in [3.05, 3.63) is 56.9 Å². The predicted molar refractivity (Wildman–Crippen MR) is 123 cm³/mol. The van der Waals surface area contributed by atoms with E-state index in [4.69, 9.17) is 4.74 Å². The summed E-state index contributed by atoms with van der Waals surface area (Å²) >= 11 is 1.29. The molecule has 31 heavy (non-hydrogen) atoms. The molecule has 0 aliphatic rings. The molecule has 0 radical (unpaired) electrons. The monoisotopic (exact) mass is 442 g/mol. The zero-order valence-corrected chi connectivity index (χ0v) is 18.9. The number of methoxy groups -OCH3 is 1. The fraction of sp³-hybridized carbons (Fsp3) is 0.364. The second-order valence-electron chi connectivity index (χ2n) is 7.19. The number of carbonyl (C=O) groups is 1. The van der Waals surface area contributed by atoms with Crippen molar-refractivity contribution in [3.8, 4) is 5.75 Å². The fourth-order valence-electron chi connectivity index (χ4n) is 3.29. The molecule has 0 spiro atoms. The number of pyridine rings is 1. The summed E-state index contributed by atoms with van der Waals surface area (Å²) in [5.74, 6) is 0.560. The summed E-state index contributed by atoms with van der Waals surface area (Å²) in [6.07, 6.45) is 4.37. The molecule has 1 amide bonds. The van der Waals surface area contributed by atoms with Crippen LogP contribution in [0.3, 0.4) is 0 Å². The Kier molecular flexibility index (Phi) is 7.17. The maximum Gasteiger partial charge on any atom is 0.332 e. The molecular weight excluding hydrogens is 416 g/mol. The highest BCUT2D eigenvalue weighted by molar-refractivity contribution is 8.00. The number of rotatable bonds is 8. The molecule has 8 nitrogen and oxygen atoms in total. The van der Waals surface area contributed by atoms with E-state index in [0.29, 0.717) is 27.4 Å². The van der Waals surface area contributed by atoms with E-state index in [9.17, 15) is 14.4 Å². The molecule has 0 unspecified atom stereocenters. The number of aromatic nitrogens is 3. The van der Waals surface area contributed by atoms with E-state index < -0.39 is 11.2 Å². The lowest BCUT2D eigenvalue weighted by atomic mass is 10.1. The van der Waals surface area contributed by atoms with Gasteiger partial charge in [0, 0.05) is 36.9 Å². The number of anilines is 1. The lowest BCUT2D eigenvalue weighted by Gasteiger charge is -2.14. The number of thioether (sulfide) groups is 1. The van der Waals surface area contributed by atoms with E-state index in [2.05, 4.69) is 17.2 Å². The quantitative estimate of drug-likeness (QED) is 0.539. The SMILES string of the molecule is CCCCc1cnc2c(c1SCC(=O)Nc1cccc(OC)c1)c(=O)n(C)c(=O)n2C. The first-order chi connectivity index (χ1) is 14.9. The van der Waals surface area contributed by atoms with Crippen LogP contribution >= 0.6 is 11.8 Å². The van der Waals surface area contributed by atoms with Crippen LogP contribution in [0.4, 0.5) is 5.69 Å². The van der Waals surface area contributed by atoms with Gasteiger partial charge in [-0.3, -0.25) is 18.7 Å². The van der Waals surface area contributed by atoms with Crippen molar-refractivity contribution in [2.45, 2.75) is 31.1 Å². The summed E-state index contributed by atoms with van der Waals surface area (Å²) in [5, 5.41) is 3.22. The Hall–Kier alpha value is -3.07. The molecule has 0 saturated heterocycles. The standard InChI is InChI=1S/C22H26N4O4S/c1-5-6-8-14-12-23-20-18(21(28)26(3)22(29)25(20)2)19(14)31-13-17(27)24-15-9-7-10-16(11-15)30-4/h7,9-12H,5-6,8,13H2,1-4H3,(H,24,27). The van der Waals surface area contributed by atoms with Crippen molar-refractivity contribution in [1.29, 1.82) is 0 Å². The van der Waals surface area contributed by atoms with Crippen LogP contribution in [0.2, 0.25) is 0 Å². The van der Waals surface area contributed by atoms with Crippen molar-refractivity contribution >= 4 is 34.4 Å². The third-order valence-corrected chi connectivity index (χ3v) is 6.16. The Balaban J connectivity index is 1.96. The molecule has 0 fully saturated rings. The first kappa shape index (κ1) is 22.6. The smallest absolute Gasteiger partial charge is 0.332 e. The van der Waals surface area contributed by atoms with Gasteiger partial charge in [0.25, 0.3) is 5.56 Å². The highest BCUT2D eigenvalue weighted by Gasteiger charge is 2.18. The van der Waals surface area contributed by atoms with E-state index >= 15 is 0 Å². The van der Waals surface area contributed by atoms with Gasteiger partial charge in [-0.2, -0.15) is 0 Å². The van der Waals surface area contributed by atoms with Gasteiger partial charge in [-0.25, -0.2) is 9.78 Å². The highest BCUT2D eigenvalue weighted by Crippen LogP contribution is 2.29. The zero-order chi connectivity index (χ0) is 22.5. The number of unbranched alkanes of at least 4 members (excludes halogenated alkanes) is 1. The number of carbonyl (C=O) groups excluding carboxylic acids is 1. The number of ether oxygens (including phenoxy) is 1. The van der Waals surface area contributed by atoms with Gasteiger partial charge in [0.1, 0.15) is 11.4 Å². The Labute approximate surface area is 184 Å². The molecule has 1 N–H and O–H groups in total. The van der Waals surface area contributed by atoms with Gasteiger partial charge in [-0.15, -0.1) is 11.8 Å². The maximum atomic E-state index is 12.9. The van der Waals surface area contributed by atoms with Gasteiger partial charge in [0.2, 0.25) is 5.91 Å². The van der Waals surface area contributed by atoms with E-state index in [0.717, 1.165) is 29.4 Å². The van der Waals surface area contributed by atoms with Gasteiger partial charge >= 0.3 is 5.69 Å². The van der Waals surface area contributed by atoms with E-state index in [1.54, 1.807) is 44.6 Å². The number of nitrogens with zero attached hydrogens (tertiary/aromatic N) is 3. The average molecular weight is 443 g/mol. The van der Waals surface area contributed by atoms with Crippen molar-refractivity contribution in [2.75, 3.05) is 18.2 Å². The molecule has 2 aromatic heterocycles.